The zero-order valence-corrected chi connectivity index (χ0v) is 25.6. The zero-order valence-electron chi connectivity index (χ0n) is 25.6. The first-order chi connectivity index (χ1) is 23.4. The Morgan fingerprint density at radius 2 is 0.872 bits per heavy atom. The van der Waals surface area contributed by atoms with Crippen LogP contribution in [0.15, 0.2) is 170 Å². The van der Waals surface area contributed by atoms with Crippen LogP contribution in [-0.2, 0) is 0 Å². The molecule has 0 bridgehead atoms. The highest BCUT2D eigenvalue weighted by atomic mass is 15.0. The highest BCUT2D eigenvalue weighted by Gasteiger charge is 2.31. The summed E-state index contributed by atoms with van der Waals surface area (Å²) in [5.74, 6) is 0. The molecule has 1 aliphatic carbocycles. The first-order valence-electron chi connectivity index (χ1n) is 16.2. The molecule has 0 amide bonds. The molecular formula is C45H28N2. The van der Waals surface area contributed by atoms with Gasteiger partial charge < -0.3 is 0 Å². The van der Waals surface area contributed by atoms with Crippen LogP contribution in [0.2, 0.25) is 0 Å². The van der Waals surface area contributed by atoms with E-state index < -0.39 is 0 Å². The van der Waals surface area contributed by atoms with Gasteiger partial charge in [0.2, 0.25) is 0 Å². The summed E-state index contributed by atoms with van der Waals surface area (Å²) >= 11 is 0. The van der Waals surface area contributed by atoms with E-state index in [1.54, 1.807) is 0 Å². The van der Waals surface area contributed by atoms with Crippen molar-refractivity contribution in [3.05, 3.63) is 170 Å². The molecule has 0 spiro atoms. The average molecular weight is 597 g/mol. The Balaban J connectivity index is 1.35. The highest BCUT2D eigenvalue weighted by Crippen LogP contribution is 2.58. The van der Waals surface area contributed by atoms with Crippen molar-refractivity contribution in [2.75, 3.05) is 0 Å². The Morgan fingerprint density at radius 1 is 0.362 bits per heavy atom. The number of benzene rings is 7. The van der Waals surface area contributed by atoms with Crippen LogP contribution in [0.1, 0.15) is 0 Å². The molecule has 0 fully saturated rings. The predicted molar refractivity (Wildman–Crippen MR) is 196 cm³/mol. The molecule has 2 heteroatoms. The van der Waals surface area contributed by atoms with E-state index >= 15 is 0 Å². The molecule has 0 unspecified atom stereocenters. The van der Waals surface area contributed by atoms with Crippen LogP contribution in [0.5, 0.6) is 0 Å². The number of imidazole rings is 1. The number of hydrogen-bond acceptors (Lipinski definition) is 1. The summed E-state index contributed by atoms with van der Waals surface area (Å²) < 4.78 is 2.22. The summed E-state index contributed by atoms with van der Waals surface area (Å²) in [7, 11) is 0. The molecule has 2 nitrogen and oxygen atoms in total. The van der Waals surface area contributed by atoms with E-state index in [9.17, 15) is 0 Å². The van der Waals surface area contributed by atoms with Gasteiger partial charge in [0.05, 0.1) is 11.4 Å². The second kappa shape index (κ2) is 10.1. The second-order valence-corrected chi connectivity index (χ2v) is 12.3. The second-order valence-electron chi connectivity index (χ2n) is 12.3. The molecule has 0 saturated heterocycles. The van der Waals surface area contributed by atoms with Crippen molar-refractivity contribution in [1.29, 1.82) is 0 Å². The predicted octanol–water partition coefficient (Wildman–Crippen LogP) is 12.0. The van der Waals surface area contributed by atoms with E-state index in [0.717, 1.165) is 28.2 Å². The van der Waals surface area contributed by atoms with Crippen molar-refractivity contribution >= 4 is 27.2 Å². The number of pyridine rings is 1. The number of aromatic nitrogens is 2. The minimum atomic E-state index is 0.942. The molecule has 0 saturated carbocycles. The molecule has 47 heavy (non-hydrogen) atoms. The quantitative estimate of drug-likeness (QED) is 0.198. The van der Waals surface area contributed by atoms with Crippen molar-refractivity contribution in [3.8, 4) is 67.0 Å². The summed E-state index contributed by atoms with van der Waals surface area (Å²) in [6.45, 7) is 0. The van der Waals surface area contributed by atoms with E-state index in [4.69, 9.17) is 4.98 Å². The van der Waals surface area contributed by atoms with Gasteiger partial charge in [-0.3, -0.25) is 4.40 Å². The first kappa shape index (κ1) is 26.0. The summed E-state index contributed by atoms with van der Waals surface area (Å²) in [4.78, 5) is 5.28. The van der Waals surface area contributed by atoms with E-state index in [2.05, 4.69) is 174 Å². The topological polar surface area (TPSA) is 17.3 Å². The maximum Gasteiger partial charge on any atom is 0.137 e. The minimum absolute atomic E-state index is 0.942. The van der Waals surface area contributed by atoms with Gasteiger partial charge in [0.15, 0.2) is 0 Å². The number of nitrogens with zero attached hydrogens (tertiary/aromatic N) is 2. The van der Waals surface area contributed by atoms with E-state index in [1.807, 2.05) is 0 Å². The lowest BCUT2D eigenvalue weighted by atomic mass is 9.82. The van der Waals surface area contributed by atoms with Crippen molar-refractivity contribution < 1.29 is 0 Å². The Kier molecular flexibility index (Phi) is 5.61. The molecule has 218 valence electrons. The average Bonchev–Trinajstić information content (AvgIpc) is 3.69. The van der Waals surface area contributed by atoms with Crippen LogP contribution in [0.25, 0.3) is 94.2 Å². The maximum absolute atomic E-state index is 5.28. The standard InChI is InChI=1S/C45H28N2/c1-4-15-29(16-5-1)39-32-21-10-11-22-33(32)40(30-17-6-2-7-18-30)43-37-27-26-35(34-23-14-24-36(41(34)37)42(39)43)44-45(31-19-8-3-9-20-31)47-28-13-12-25-38(47)46-44/h1-28H. The smallest absolute Gasteiger partial charge is 0.137 e. The number of rotatable bonds is 4. The lowest BCUT2D eigenvalue weighted by Crippen LogP contribution is -1.93. The van der Waals surface area contributed by atoms with Crippen LogP contribution < -0.4 is 0 Å². The zero-order chi connectivity index (χ0) is 30.9. The molecule has 9 aromatic rings. The summed E-state index contributed by atoms with van der Waals surface area (Å²) in [6.07, 6.45) is 2.12. The lowest BCUT2D eigenvalue weighted by Gasteiger charge is -2.20. The van der Waals surface area contributed by atoms with Crippen molar-refractivity contribution in [2.45, 2.75) is 0 Å². The molecule has 0 radical (unpaired) electrons. The fraction of sp³-hybridized carbons (Fsp3) is 0. The molecule has 2 heterocycles. The Bertz CT molecular complexity index is 2560. The number of fused-ring (bicyclic) bond motifs is 5. The molecule has 10 rings (SSSR count). The van der Waals surface area contributed by atoms with Gasteiger partial charge in [0, 0.05) is 17.3 Å². The van der Waals surface area contributed by atoms with Crippen LogP contribution >= 0.6 is 0 Å². The van der Waals surface area contributed by atoms with Gasteiger partial charge in [0.25, 0.3) is 0 Å². The minimum Gasteiger partial charge on any atom is -0.299 e. The lowest BCUT2D eigenvalue weighted by molar-refractivity contribution is 1.19. The van der Waals surface area contributed by atoms with Crippen molar-refractivity contribution in [2.24, 2.45) is 0 Å². The molecule has 7 aromatic carbocycles. The van der Waals surface area contributed by atoms with E-state index in [0.29, 0.717) is 0 Å². The van der Waals surface area contributed by atoms with Gasteiger partial charge in [-0.1, -0.05) is 152 Å². The van der Waals surface area contributed by atoms with Crippen LogP contribution in [-0.4, -0.2) is 9.38 Å². The largest absolute Gasteiger partial charge is 0.299 e. The highest BCUT2D eigenvalue weighted by molar-refractivity contribution is 6.28. The molecule has 1 aliphatic rings. The van der Waals surface area contributed by atoms with Gasteiger partial charge in [-0.15, -0.1) is 0 Å². The first-order valence-corrected chi connectivity index (χ1v) is 16.2. The van der Waals surface area contributed by atoms with Gasteiger partial charge in [-0.25, -0.2) is 4.98 Å². The summed E-state index contributed by atoms with van der Waals surface area (Å²) in [6, 6.07) is 59.1. The molecule has 2 aromatic heterocycles. The summed E-state index contributed by atoms with van der Waals surface area (Å²) in [5.41, 5.74) is 15.6. The normalized spacial score (nSPS) is 11.8. The molecule has 0 atom stereocenters. The molecular weight excluding hydrogens is 569 g/mol. The SMILES string of the molecule is c1ccc(-c2c3c(c(-c4ccccc4)c4ccccc24)-c2ccc(-c4nc5ccccn5c4-c4ccccc4)c4cccc-3c24)cc1. The fourth-order valence-electron chi connectivity index (χ4n) is 7.87. The van der Waals surface area contributed by atoms with Crippen LogP contribution in [0, 0.1) is 0 Å². The third-order valence-corrected chi connectivity index (χ3v) is 9.75. The Hall–Kier alpha value is -6.25. The third kappa shape index (κ3) is 3.76. The van der Waals surface area contributed by atoms with Gasteiger partial charge >= 0.3 is 0 Å². The van der Waals surface area contributed by atoms with Crippen LogP contribution in [0.4, 0.5) is 0 Å². The fourth-order valence-corrected chi connectivity index (χ4v) is 7.87. The Morgan fingerprint density at radius 3 is 1.51 bits per heavy atom. The summed E-state index contributed by atoms with van der Waals surface area (Å²) in [5, 5.41) is 5.06. The van der Waals surface area contributed by atoms with Gasteiger partial charge in [-0.05, 0) is 78.2 Å². The van der Waals surface area contributed by atoms with E-state index in [-0.39, 0.29) is 0 Å². The number of hydrogen-bond donors (Lipinski definition) is 0. The third-order valence-electron chi connectivity index (χ3n) is 9.75. The van der Waals surface area contributed by atoms with Gasteiger partial charge in [-0.2, -0.15) is 0 Å². The van der Waals surface area contributed by atoms with Crippen LogP contribution in [0.3, 0.4) is 0 Å². The van der Waals surface area contributed by atoms with E-state index in [1.165, 1.54) is 66.1 Å². The van der Waals surface area contributed by atoms with Gasteiger partial charge in [0.1, 0.15) is 5.65 Å². The molecule has 0 aliphatic heterocycles. The van der Waals surface area contributed by atoms with Crippen molar-refractivity contribution in [1.82, 2.24) is 9.38 Å². The monoisotopic (exact) mass is 596 g/mol. The Labute approximate surface area is 272 Å². The molecule has 0 N–H and O–H groups in total. The maximum atomic E-state index is 5.28. The van der Waals surface area contributed by atoms with Crippen molar-refractivity contribution in [3.63, 3.8) is 0 Å².